The molecule has 20 heavy (non-hydrogen) atoms. The minimum Gasteiger partial charge on any atom is -0.494 e. The Bertz CT molecular complexity index is 380. The third-order valence-corrected chi connectivity index (χ3v) is 3.62. The first kappa shape index (κ1) is 15.3. The van der Waals surface area contributed by atoms with Gasteiger partial charge in [-0.2, -0.15) is 0 Å². The molecule has 0 aromatic heterocycles. The molecule has 1 aromatic carbocycles. The van der Waals surface area contributed by atoms with E-state index < -0.39 is 0 Å². The number of ether oxygens (including phenoxy) is 3. The minimum absolute atomic E-state index is 0.195. The molecule has 0 bridgehead atoms. The van der Waals surface area contributed by atoms with Crippen LogP contribution in [0.15, 0.2) is 24.3 Å². The van der Waals surface area contributed by atoms with Crippen LogP contribution in [0.25, 0.3) is 0 Å². The Kier molecular flexibility index (Phi) is 6.30. The molecule has 1 aliphatic rings. The number of hydrogen-bond donors (Lipinski definition) is 1. The maximum Gasteiger partial charge on any atom is 0.119 e. The predicted octanol–water partition coefficient (Wildman–Crippen LogP) is 2.40. The molecule has 1 aliphatic heterocycles. The Balaban J connectivity index is 1.89. The zero-order valence-corrected chi connectivity index (χ0v) is 12.4. The fourth-order valence-corrected chi connectivity index (χ4v) is 2.59. The van der Waals surface area contributed by atoms with Gasteiger partial charge < -0.3 is 19.5 Å². The van der Waals surface area contributed by atoms with Gasteiger partial charge in [0, 0.05) is 32.7 Å². The van der Waals surface area contributed by atoms with E-state index in [0.29, 0.717) is 12.5 Å². The molecular weight excluding hydrogens is 254 g/mol. The second kappa shape index (κ2) is 8.25. The molecule has 1 fully saturated rings. The SMILES string of the molecule is CCOc1ccc(C2OCCC2CNCCOC)cc1. The van der Waals surface area contributed by atoms with Crippen LogP contribution in [0.5, 0.6) is 5.75 Å². The summed E-state index contributed by atoms with van der Waals surface area (Å²) in [6.07, 6.45) is 1.30. The summed E-state index contributed by atoms with van der Waals surface area (Å²) < 4.78 is 16.4. The van der Waals surface area contributed by atoms with Gasteiger partial charge in [-0.05, 0) is 31.0 Å². The van der Waals surface area contributed by atoms with Crippen LogP contribution >= 0.6 is 0 Å². The molecule has 2 unspecified atom stereocenters. The highest BCUT2D eigenvalue weighted by Gasteiger charge is 2.29. The summed E-state index contributed by atoms with van der Waals surface area (Å²) in [4.78, 5) is 0. The van der Waals surface area contributed by atoms with Crippen LogP contribution in [-0.2, 0) is 9.47 Å². The van der Waals surface area contributed by atoms with Gasteiger partial charge in [0.15, 0.2) is 0 Å². The Labute approximate surface area is 121 Å². The van der Waals surface area contributed by atoms with E-state index in [1.165, 1.54) is 5.56 Å². The van der Waals surface area contributed by atoms with E-state index in [0.717, 1.165) is 38.5 Å². The first-order chi connectivity index (χ1) is 9.85. The predicted molar refractivity (Wildman–Crippen MR) is 79.2 cm³/mol. The Hall–Kier alpha value is -1.10. The third-order valence-electron chi connectivity index (χ3n) is 3.62. The molecule has 1 aromatic rings. The van der Waals surface area contributed by atoms with E-state index in [4.69, 9.17) is 14.2 Å². The normalized spacial score (nSPS) is 22.1. The summed E-state index contributed by atoms with van der Waals surface area (Å²) in [5.74, 6) is 1.45. The highest BCUT2D eigenvalue weighted by Crippen LogP contribution is 2.34. The Morgan fingerprint density at radius 1 is 1.30 bits per heavy atom. The molecule has 1 heterocycles. The van der Waals surface area contributed by atoms with E-state index >= 15 is 0 Å². The van der Waals surface area contributed by atoms with Crippen molar-refractivity contribution in [2.45, 2.75) is 19.4 Å². The molecule has 2 atom stereocenters. The lowest BCUT2D eigenvalue weighted by atomic mass is 9.95. The second-order valence-corrected chi connectivity index (χ2v) is 5.04. The topological polar surface area (TPSA) is 39.7 Å². The lowest BCUT2D eigenvalue weighted by Crippen LogP contribution is -2.27. The number of hydrogen-bond acceptors (Lipinski definition) is 4. The van der Waals surface area contributed by atoms with Crippen LogP contribution in [0.3, 0.4) is 0 Å². The van der Waals surface area contributed by atoms with E-state index in [2.05, 4.69) is 17.4 Å². The number of rotatable bonds is 8. The minimum atomic E-state index is 0.195. The average Bonchev–Trinajstić information content (AvgIpc) is 2.93. The molecule has 2 rings (SSSR count). The molecule has 0 radical (unpaired) electrons. The van der Waals surface area contributed by atoms with Gasteiger partial charge in [-0.1, -0.05) is 12.1 Å². The second-order valence-electron chi connectivity index (χ2n) is 5.04. The molecule has 0 saturated carbocycles. The summed E-state index contributed by atoms with van der Waals surface area (Å²) in [6.45, 7) is 6.15. The van der Waals surface area contributed by atoms with E-state index in [9.17, 15) is 0 Å². The fourth-order valence-electron chi connectivity index (χ4n) is 2.59. The number of methoxy groups -OCH3 is 1. The number of benzene rings is 1. The summed E-state index contributed by atoms with van der Waals surface area (Å²) in [7, 11) is 1.73. The Morgan fingerprint density at radius 3 is 2.80 bits per heavy atom. The van der Waals surface area contributed by atoms with Crippen molar-refractivity contribution in [3.8, 4) is 5.75 Å². The zero-order valence-electron chi connectivity index (χ0n) is 12.4. The van der Waals surface area contributed by atoms with Gasteiger partial charge in [-0.3, -0.25) is 0 Å². The molecule has 1 saturated heterocycles. The van der Waals surface area contributed by atoms with Gasteiger partial charge in [0.1, 0.15) is 5.75 Å². The van der Waals surface area contributed by atoms with E-state index in [-0.39, 0.29) is 6.10 Å². The van der Waals surface area contributed by atoms with Crippen molar-refractivity contribution in [2.24, 2.45) is 5.92 Å². The average molecular weight is 279 g/mol. The molecule has 0 aliphatic carbocycles. The maximum atomic E-state index is 5.90. The van der Waals surface area contributed by atoms with Crippen LogP contribution in [0.4, 0.5) is 0 Å². The number of nitrogens with one attached hydrogen (secondary N) is 1. The molecule has 112 valence electrons. The van der Waals surface area contributed by atoms with Crippen LogP contribution in [-0.4, -0.2) is 40.0 Å². The third kappa shape index (κ3) is 4.20. The van der Waals surface area contributed by atoms with Gasteiger partial charge in [-0.15, -0.1) is 0 Å². The Morgan fingerprint density at radius 2 is 2.10 bits per heavy atom. The van der Waals surface area contributed by atoms with Crippen molar-refractivity contribution >= 4 is 0 Å². The molecule has 1 N–H and O–H groups in total. The van der Waals surface area contributed by atoms with Crippen molar-refractivity contribution in [2.75, 3.05) is 40.0 Å². The molecule has 0 spiro atoms. The monoisotopic (exact) mass is 279 g/mol. The van der Waals surface area contributed by atoms with Crippen molar-refractivity contribution < 1.29 is 14.2 Å². The van der Waals surface area contributed by atoms with Crippen LogP contribution < -0.4 is 10.1 Å². The summed E-state index contributed by atoms with van der Waals surface area (Å²) in [5, 5.41) is 3.43. The van der Waals surface area contributed by atoms with Crippen LogP contribution in [0.2, 0.25) is 0 Å². The first-order valence-corrected chi connectivity index (χ1v) is 7.39. The molecule has 0 amide bonds. The van der Waals surface area contributed by atoms with Gasteiger partial charge in [0.05, 0.1) is 19.3 Å². The van der Waals surface area contributed by atoms with Crippen molar-refractivity contribution in [1.82, 2.24) is 5.32 Å². The zero-order chi connectivity index (χ0) is 14.2. The van der Waals surface area contributed by atoms with Crippen molar-refractivity contribution in [3.63, 3.8) is 0 Å². The highest BCUT2D eigenvalue weighted by atomic mass is 16.5. The van der Waals surface area contributed by atoms with Crippen LogP contribution in [0.1, 0.15) is 25.0 Å². The quantitative estimate of drug-likeness (QED) is 0.742. The fraction of sp³-hybridized carbons (Fsp3) is 0.625. The van der Waals surface area contributed by atoms with Gasteiger partial charge in [0.25, 0.3) is 0 Å². The maximum absolute atomic E-state index is 5.90. The molecule has 4 heteroatoms. The van der Waals surface area contributed by atoms with E-state index in [1.54, 1.807) is 7.11 Å². The summed E-state index contributed by atoms with van der Waals surface area (Å²) in [5.41, 5.74) is 1.24. The van der Waals surface area contributed by atoms with Crippen molar-refractivity contribution in [3.05, 3.63) is 29.8 Å². The van der Waals surface area contributed by atoms with Crippen molar-refractivity contribution in [1.29, 1.82) is 0 Å². The first-order valence-electron chi connectivity index (χ1n) is 7.39. The smallest absolute Gasteiger partial charge is 0.119 e. The molecule has 4 nitrogen and oxygen atoms in total. The van der Waals surface area contributed by atoms with Crippen LogP contribution in [0, 0.1) is 5.92 Å². The van der Waals surface area contributed by atoms with Gasteiger partial charge in [0.2, 0.25) is 0 Å². The summed E-state index contributed by atoms with van der Waals surface area (Å²) in [6, 6.07) is 8.28. The highest BCUT2D eigenvalue weighted by molar-refractivity contribution is 5.29. The van der Waals surface area contributed by atoms with Gasteiger partial charge in [-0.25, -0.2) is 0 Å². The standard InChI is InChI=1S/C16H25NO3/c1-3-19-15-6-4-13(5-7-15)16-14(8-10-20-16)12-17-9-11-18-2/h4-7,14,16-17H,3,8-12H2,1-2H3. The van der Waals surface area contributed by atoms with Gasteiger partial charge >= 0.3 is 0 Å². The van der Waals surface area contributed by atoms with E-state index in [1.807, 2.05) is 19.1 Å². The lowest BCUT2D eigenvalue weighted by Gasteiger charge is -2.19. The summed E-state index contributed by atoms with van der Waals surface area (Å²) >= 11 is 0. The molecular formula is C16H25NO3. The lowest BCUT2D eigenvalue weighted by molar-refractivity contribution is 0.0898. The largest absolute Gasteiger partial charge is 0.494 e.